The maximum absolute atomic E-state index is 12.7. The van der Waals surface area contributed by atoms with E-state index in [1.807, 2.05) is 60.7 Å². The molecule has 0 amide bonds. The number of unbranched alkanes of at least 4 members (excludes halogenated alkanes) is 2. The minimum absolute atomic E-state index is 0.258. The predicted octanol–water partition coefficient (Wildman–Crippen LogP) is 4.54. The zero-order chi connectivity index (χ0) is 15.8. The molecule has 0 radical (unpaired) electrons. The van der Waals surface area contributed by atoms with Gasteiger partial charge in [0.1, 0.15) is 0 Å². The first kappa shape index (κ1) is 16.2. The molecular formula is C20H22O2. The standard InChI is InChI=1S/C20H22O2/c1-2-3-6-15-18(21)20(22)19(16-11-7-4-8-12-16)17-13-9-5-10-14-17/h4-5,7-14,19H,2-3,6,15H2,1H3. The van der Waals surface area contributed by atoms with E-state index in [4.69, 9.17) is 0 Å². The van der Waals surface area contributed by atoms with Gasteiger partial charge < -0.3 is 0 Å². The first-order chi connectivity index (χ1) is 10.7. The van der Waals surface area contributed by atoms with Crippen LogP contribution in [-0.4, -0.2) is 11.6 Å². The van der Waals surface area contributed by atoms with E-state index in [0.717, 1.165) is 30.4 Å². The molecule has 114 valence electrons. The van der Waals surface area contributed by atoms with E-state index < -0.39 is 5.92 Å². The number of hydrogen-bond donors (Lipinski definition) is 0. The Balaban J connectivity index is 2.25. The van der Waals surface area contributed by atoms with Crippen molar-refractivity contribution in [3.05, 3.63) is 71.8 Å². The first-order valence-corrected chi connectivity index (χ1v) is 7.91. The second-order valence-electron chi connectivity index (χ2n) is 5.50. The van der Waals surface area contributed by atoms with Crippen LogP contribution in [0.25, 0.3) is 0 Å². The number of carbonyl (C=O) groups is 2. The molecular weight excluding hydrogens is 272 g/mol. The molecule has 0 aromatic heterocycles. The van der Waals surface area contributed by atoms with Crippen LogP contribution in [0.1, 0.15) is 49.7 Å². The molecule has 0 bridgehead atoms. The van der Waals surface area contributed by atoms with Gasteiger partial charge in [-0.2, -0.15) is 0 Å². The maximum atomic E-state index is 12.7. The molecule has 2 aromatic rings. The monoisotopic (exact) mass is 294 g/mol. The van der Waals surface area contributed by atoms with Gasteiger partial charge in [0, 0.05) is 6.42 Å². The normalized spacial score (nSPS) is 10.6. The Bertz CT molecular complexity index is 563. The zero-order valence-electron chi connectivity index (χ0n) is 13.0. The van der Waals surface area contributed by atoms with Gasteiger partial charge in [0.25, 0.3) is 0 Å². The van der Waals surface area contributed by atoms with Gasteiger partial charge in [-0.05, 0) is 17.5 Å². The summed E-state index contributed by atoms with van der Waals surface area (Å²) in [6.07, 6.45) is 3.17. The smallest absolute Gasteiger partial charge is 0.210 e. The lowest BCUT2D eigenvalue weighted by atomic mass is 9.85. The highest BCUT2D eigenvalue weighted by Gasteiger charge is 2.27. The molecule has 0 unspecified atom stereocenters. The molecule has 2 rings (SSSR count). The topological polar surface area (TPSA) is 34.1 Å². The molecule has 0 saturated carbocycles. The van der Waals surface area contributed by atoms with Crippen molar-refractivity contribution in [2.75, 3.05) is 0 Å². The molecule has 2 heteroatoms. The SMILES string of the molecule is CCCCCC(=O)C(=O)C(c1ccccc1)c1ccccc1. The zero-order valence-corrected chi connectivity index (χ0v) is 13.0. The Kier molecular flexibility index (Phi) is 6.08. The largest absolute Gasteiger partial charge is 0.291 e. The molecule has 0 saturated heterocycles. The summed E-state index contributed by atoms with van der Waals surface area (Å²) in [5.41, 5.74) is 1.75. The number of carbonyl (C=O) groups excluding carboxylic acids is 2. The summed E-state index contributed by atoms with van der Waals surface area (Å²) in [6.45, 7) is 2.09. The maximum Gasteiger partial charge on any atom is 0.210 e. The molecule has 2 nitrogen and oxygen atoms in total. The molecule has 0 aliphatic rings. The number of Topliss-reactive ketones (excluding diaryl/α,β-unsaturated/α-hetero) is 2. The highest BCUT2D eigenvalue weighted by molar-refractivity contribution is 6.39. The first-order valence-electron chi connectivity index (χ1n) is 7.91. The summed E-state index contributed by atoms with van der Waals surface area (Å²) < 4.78 is 0. The van der Waals surface area contributed by atoms with Crippen LogP contribution in [0.3, 0.4) is 0 Å². The van der Waals surface area contributed by atoms with E-state index in [1.54, 1.807) is 0 Å². The van der Waals surface area contributed by atoms with Crippen molar-refractivity contribution >= 4 is 11.6 Å². The quantitative estimate of drug-likeness (QED) is 0.529. The van der Waals surface area contributed by atoms with E-state index in [-0.39, 0.29) is 11.6 Å². The Morgan fingerprint density at radius 2 is 1.32 bits per heavy atom. The molecule has 22 heavy (non-hydrogen) atoms. The van der Waals surface area contributed by atoms with Crippen molar-refractivity contribution < 1.29 is 9.59 Å². The molecule has 0 fully saturated rings. The second kappa shape index (κ2) is 8.28. The van der Waals surface area contributed by atoms with Crippen LogP contribution in [0.2, 0.25) is 0 Å². The molecule has 0 aliphatic heterocycles. The molecule has 2 aromatic carbocycles. The van der Waals surface area contributed by atoms with Crippen molar-refractivity contribution in [1.82, 2.24) is 0 Å². The van der Waals surface area contributed by atoms with Gasteiger partial charge >= 0.3 is 0 Å². The van der Waals surface area contributed by atoms with Crippen LogP contribution >= 0.6 is 0 Å². The van der Waals surface area contributed by atoms with Crippen LogP contribution in [0.15, 0.2) is 60.7 Å². The lowest BCUT2D eigenvalue weighted by Gasteiger charge is -2.16. The number of benzene rings is 2. The van der Waals surface area contributed by atoms with Crippen molar-refractivity contribution in [1.29, 1.82) is 0 Å². The van der Waals surface area contributed by atoms with Crippen LogP contribution in [0, 0.1) is 0 Å². The summed E-state index contributed by atoms with van der Waals surface area (Å²) in [6, 6.07) is 19.1. The van der Waals surface area contributed by atoms with E-state index in [0.29, 0.717) is 6.42 Å². The Morgan fingerprint density at radius 3 is 1.77 bits per heavy atom. The number of hydrogen-bond acceptors (Lipinski definition) is 2. The third kappa shape index (κ3) is 4.14. The third-order valence-electron chi connectivity index (χ3n) is 3.81. The average Bonchev–Trinajstić information content (AvgIpc) is 2.57. The van der Waals surface area contributed by atoms with Gasteiger partial charge in [0.2, 0.25) is 5.78 Å². The summed E-state index contributed by atoms with van der Waals surface area (Å²) in [5.74, 6) is -1.05. The Hall–Kier alpha value is -2.22. The van der Waals surface area contributed by atoms with Crippen LogP contribution < -0.4 is 0 Å². The fraction of sp³-hybridized carbons (Fsp3) is 0.300. The predicted molar refractivity (Wildman–Crippen MR) is 88.9 cm³/mol. The minimum Gasteiger partial charge on any atom is -0.291 e. The second-order valence-corrected chi connectivity index (χ2v) is 5.50. The molecule has 0 spiro atoms. The fourth-order valence-corrected chi connectivity index (χ4v) is 2.61. The van der Waals surface area contributed by atoms with Gasteiger partial charge in [0.15, 0.2) is 5.78 Å². The Labute approximate surface area is 132 Å². The van der Waals surface area contributed by atoms with Gasteiger partial charge in [-0.15, -0.1) is 0 Å². The lowest BCUT2D eigenvalue weighted by Crippen LogP contribution is -2.23. The van der Waals surface area contributed by atoms with Gasteiger partial charge in [-0.1, -0.05) is 80.4 Å². The fourth-order valence-electron chi connectivity index (χ4n) is 2.61. The summed E-state index contributed by atoms with van der Waals surface area (Å²) in [4.78, 5) is 24.9. The van der Waals surface area contributed by atoms with Gasteiger partial charge in [-0.25, -0.2) is 0 Å². The van der Waals surface area contributed by atoms with Crippen LogP contribution in [0.4, 0.5) is 0 Å². The highest BCUT2D eigenvalue weighted by atomic mass is 16.2. The minimum atomic E-state index is -0.489. The number of rotatable bonds is 8. The van der Waals surface area contributed by atoms with Crippen molar-refractivity contribution in [2.24, 2.45) is 0 Å². The van der Waals surface area contributed by atoms with Crippen LogP contribution in [0.5, 0.6) is 0 Å². The average molecular weight is 294 g/mol. The third-order valence-corrected chi connectivity index (χ3v) is 3.81. The van der Waals surface area contributed by atoms with E-state index in [2.05, 4.69) is 6.92 Å². The summed E-state index contributed by atoms with van der Waals surface area (Å²) in [7, 11) is 0. The van der Waals surface area contributed by atoms with Gasteiger partial charge in [-0.3, -0.25) is 9.59 Å². The van der Waals surface area contributed by atoms with Crippen molar-refractivity contribution in [3.8, 4) is 0 Å². The molecule has 0 N–H and O–H groups in total. The van der Waals surface area contributed by atoms with E-state index >= 15 is 0 Å². The van der Waals surface area contributed by atoms with E-state index in [9.17, 15) is 9.59 Å². The summed E-state index contributed by atoms with van der Waals surface area (Å²) >= 11 is 0. The lowest BCUT2D eigenvalue weighted by molar-refractivity contribution is -0.137. The highest BCUT2D eigenvalue weighted by Crippen LogP contribution is 2.26. The van der Waals surface area contributed by atoms with Gasteiger partial charge in [0.05, 0.1) is 5.92 Å². The number of ketones is 2. The van der Waals surface area contributed by atoms with E-state index in [1.165, 1.54) is 0 Å². The molecule has 0 heterocycles. The molecule has 0 atom stereocenters. The van der Waals surface area contributed by atoms with Crippen molar-refractivity contribution in [2.45, 2.75) is 38.5 Å². The van der Waals surface area contributed by atoms with Crippen LogP contribution in [-0.2, 0) is 9.59 Å². The van der Waals surface area contributed by atoms with Crippen molar-refractivity contribution in [3.63, 3.8) is 0 Å². The Morgan fingerprint density at radius 1 is 0.818 bits per heavy atom. The summed E-state index contributed by atoms with van der Waals surface area (Å²) in [5, 5.41) is 0. The molecule has 0 aliphatic carbocycles.